The van der Waals surface area contributed by atoms with E-state index in [0.29, 0.717) is 22.2 Å². The highest BCUT2D eigenvalue weighted by atomic mass is 35.5. The van der Waals surface area contributed by atoms with Gasteiger partial charge in [-0.25, -0.2) is 0 Å². The molecule has 33 heavy (non-hydrogen) atoms. The van der Waals surface area contributed by atoms with Crippen molar-refractivity contribution in [1.82, 2.24) is 0 Å². The Bertz CT molecular complexity index is 1170. The van der Waals surface area contributed by atoms with Gasteiger partial charge in [-0.3, -0.25) is 9.80 Å². The van der Waals surface area contributed by atoms with Gasteiger partial charge >= 0.3 is 6.36 Å². The van der Waals surface area contributed by atoms with E-state index >= 15 is 0 Å². The fourth-order valence-corrected chi connectivity index (χ4v) is 3.62. The highest BCUT2D eigenvalue weighted by molar-refractivity contribution is 6.43. The van der Waals surface area contributed by atoms with E-state index in [2.05, 4.69) is 15.2 Å². The Morgan fingerprint density at radius 3 is 2.09 bits per heavy atom. The van der Waals surface area contributed by atoms with E-state index in [1.54, 1.807) is 41.4 Å². The first-order chi connectivity index (χ1) is 15.7. The second-order valence-electron chi connectivity index (χ2n) is 7.17. The van der Waals surface area contributed by atoms with Crippen LogP contribution in [0.15, 0.2) is 77.9 Å². The maximum absolute atomic E-state index is 12.9. The summed E-state index contributed by atoms with van der Waals surface area (Å²) in [5.74, 6) is -0.842. The summed E-state index contributed by atoms with van der Waals surface area (Å²) in [6.45, 7) is 0. The van der Waals surface area contributed by atoms with Crippen molar-refractivity contribution >= 4 is 46.2 Å². The lowest BCUT2D eigenvalue weighted by molar-refractivity contribution is -0.274. The topological polar surface area (TPSA) is 53.9 Å². The van der Waals surface area contributed by atoms with Gasteiger partial charge in [-0.2, -0.15) is 5.10 Å². The first-order valence-corrected chi connectivity index (χ1v) is 10.5. The second-order valence-corrected chi connectivity index (χ2v) is 8.04. The maximum Gasteiger partial charge on any atom is 0.573 e. The van der Waals surface area contributed by atoms with Crippen molar-refractivity contribution in [1.29, 1.82) is 0 Å². The third kappa shape index (κ3) is 5.77. The van der Waals surface area contributed by atoms with Gasteiger partial charge in [0.2, 0.25) is 0 Å². The fraction of sp³-hybridized carbons (Fsp3) is 0.130. The highest BCUT2D eigenvalue weighted by Gasteiger charge is 2.33. The van der Waals surface area contributed by atoms with Gasteiger partial charge in [-0.15, -0.1) is 13.2 Å². The number of rotatable bonds is 5. The number of alkyl halides is 3. The number of hydrogen-bond donors (Lipinski definition) is 1. The molecule has 3 aromatic rings. The summed E-state index contributed by atoms with van der Waals surface area (Å²) in [4.78, 5) is 12.9. The lowest BCUT2D eigenvalue weighted by Gasteiger charge is -2.24. The van der Waals surface area contributed by atoms with Crippen molar-refractivity contribution in [2.45, 2.75) is 18.8 Å². The van der Waals surface area contributed by atoms with Crippen molar-refractivity contribution in [3.8, 4) is 5.75 Å². The molecule has 4 rings (SSSR count). The normalized spacial score (nSPS) is 15.8. The van der Waals surface area contributed by atoms with Crippen LogP contribution in [0.5, 0.6) is 5.75 Å². The highest BCUT2D eigenvalue weighted by Crippen LogP contribution is 2.36. The molecule has 10 heteroatoms. The van der Waals surface area contributed by atoms with Gasteiger partial charge in [0.15, 0.2) is 0 Å². The number of hydrogen-bond acceptors (Lipinski definition) is 4. The van der Waals surface area contributed by atoms with Gasteiger partial charge < -0.3 is 10.1 Å². The molecule has 1 unspecified atom stereocenters. The Morgan fingerprint density at radius 2 is 1.52 bits per heavy atom. The summed E-state index contributed by atoms with van der Waals surface area (Å²) in [5.41, 5.74) is 2.23. The largest absolute Gasteiger partial charge is 0.573 e. The minimum Gasteiger partial charge on any atom is -0.406 e. The maximum atomic E-state index is 12.9. The number of anilines is 2. The van der Waals surface area contributed by atoms with E-state index in [9.17, 15) is 18.0 Å². The predicted octanol–water partition coefficient (Wildman–Crippen LogP) is 6.84. The molecular formula is C23H16Cl2F3N3O2. The van der Waals surface area contributed by atoms with E-state index in [4.69, 9.17) is 23.2 Å². The number of halogens is 5. The van der Waals surface area contributed by atoms with E-state index < -0.39 is 12.3 Å². The lowest BCUT2D eigenvalue weighted by Crippen LogP contribution is -2.22. The molecule has 0 aliphatic carbocycles. The zero-order chi connectivity index (χ0) is 23.6. The molecule has 3 aromatic carbocycles. The van der Waals surface area contributed by atoms with E-state index in [-0.39, 0.29) is 17.5 Å². The smallest absolute Gasteiger partial charge is 0.406 e. The van der Waals surface area contributed by atoms with Crippen molar-refractivity contribution < 1.29 is 22.7 Å². The first kappa shape index (κ1) is 22.9. The van der Waals surface area contributed by atoms with Crippen LogP contribution in [-0.4, -0.2) is 18.0 Å². The molecule has 1 N–H and O–H groups in total. The molecule has 0 aromatic heterocycles. The standard InChI is InChI=1S/C23H16Cl2F3N3O2/c24-15-3-1-14(2-4-15)21-13-20(30-31(21)18-9-5-16(25)6-10-18)22(32)29-17-7-11-19(12-8-17)33-23(26,27)28/h1-12,21H,13H2,(H,29,32). The zero-order valence-electron chi connectivity index (χ0n) is 16.8. The number of benzene rings is 3. The van der Waals surface area contributed by atoms with Crippen molar-refractivity contribution in [3.63, 3.8) is 0 Å². The van der Waals surface area contributed by atoms with Crippen LogP contribution in [0.4, 0.5) is 24.5 Å². The number of ether oxygens (including phenoxy) is 1. The summed E-state index contributed by atoms with van der Waals surface area (Å²) in [7, 11) is 0. The van der Waals surface area contributed by atoms with Gasteiger partial charge in [0.05, 0.1) is 11.7 Å². The first-order valence-electron chi connectivity index (χ1n) is 9.73. The van der Waals surface area contributed by atoms with Gasteiger partial charge in [0.1, 0.15) is 11.5 Å². The van der Waals surface area contributed by atoms with Crippen LogP contribution >= 0.6 is 23.2 Å². The van der Waals surface area contributed by atoms with E-state index in [1.807, 2.05) is 12.1 Å². The Kier molecular flexibility index (Phi) is 6.49. The van der Waals surface area contributed by atoms with Gasteiger partial charge in [0.25, 0.3) is 5.91 Å². The summed E-state index contributed by atoms with van der Waals surface area (Å²) in [5, 5.41) is 10.1. The van der Waals surface area contributed by atoms with Crippen LogP contribution in [-0.2, 0) is 4.79 Å². The average molecular weight is 494 g/mol. The fourth-order valence-electron chi connectivity index (χ4n) is 3.37. The number of nitrogens with zero attached hydrogens (tertiary/aromatic N) is 2. The van der Waals surface area contributed by atoms with Crippen LogP contribution in [0.2, 0.25) is 10.0 Å². The Labute approximate surface area is 197 Å². The zero-order valence-corrected chi connectivity index (χ0v) is 18.3. The summed E-state index contributed by atoms with van der Waals surface area (Å²) in [6, 6.07) is 18.9. The van der Waals surface area contributed by atoms with Crippen LogP contribution in [0.25, 0.3) is 0 Å². The molecule has 0 saturated heterocycles. The number of carbonyl (C=O) groups is 1. The average Bonchev–Trinajstić information content (AvgIpc) is 3.21. The Hall–Kier alpha value is -3.23. The van der Waals surface area contributed by atoms with Crippen LogP contribution in [0.1, 0.15) is 18.0 Å². The Balaban J connectivity index is 1.55. The summed E-state index contributed by atoms with van der Waals surface area (Å²) < 4.78 is 40.8. The second kappa shape index (κ2) is 9.33. The van der Waals surface area contributed by atoms with Crippen LogP contribution in [0, 0.1) is 0 Å². The molecule has 0 spiro atoms. The molecule has 1 aliphatic rings. The van der Waals surface area contributed by atoms with Crippen LogP contribution < -0.4 is 15.1 Å². The van der Waals surface area contributed by atoms with Crippen LogP contribution in [0.3, 0.4) is 0 Å². The molecule has 0 radical (unpaired) electrons. The molecule has 5 nitrogen and oxygen atoms in total. The molecule has 0 fully saturated rings. The molecule has 1 amide bonds. The monoisotopic (exact) mass is 493 g/mol. The van der Waals surface area contributed by atoms with Gasteiger partial charge in [0, 0.05) is 22.2 Å². The molecule has 170 valence electrons. The third-order valence-electron chi connectivity index (χ3n) is 4.86. The molecule has 1 heterocycles. The minimum atomic E-state index is -4.79. The number of nitrogens with one attached hydrogen (secondary N) is 1. The van der Waals surface area contributed by atoms with Gasteiger partial charge in [-0.1, -0.05) is 35.3 Å². The van der Waals surface area contributed by atoms with Gasteiger partial charge in [-0.05, 0) is 66.2 Å². The SMILES string of the molecule is O=C(Nc1ccc(OC(F)(F)F)cc1)C1=NN(c2ccc(Cl)cc2)C(c2ccc(Cl)cc2)C1. The number of carbonyl (C=O) groups excluding carboxylic acids is 1. The van der Waals surface area contributed by atoms with E-state index in [0.717, 1.165) is 23.4 Å². The summed E-state index contributed by atoms with van der Waals surface area (Å²) in [6.07, 6.45) is -4.48. The third-order valence-corrected chi connectivity index (χ3v) is 5.37. The van der Waals surface area contributed by atoms with E-state index in [1.165, 1.54) is 12.1 Å². The lowest BCUT2D eigenvalue weighted by atomic mass is 10.0. The van der Waals surface area contributed by atoms with Crippen molar-refractivity contribution in [2.75, 3.05) is 10.3 Å². The summed E-state index contributed by atoms with van der Waals surface area (Å²) >= 11 is 12.0. The minimum absolute atomic E-state index is 0.258. The molecular weight excluding hydrogens is 478 g/mol. The van der Waals surface area contributed by atoms with Crippen molar-refractivity contribution in [2.24, 2.45) is 5.10 Å². The molecule has 0 bridgehead atoms. The molecule has 1 atom stereocenters. The van der Waals surface area contributed by atoms with Crippen molar-refractivity contribution in [3.05, 3.63) is 88.4 Å². The molecule has 0 saturated carbocycles. The number of hydrazone groups is 1. The number of amides is 1. The molecule has 1 aliphatic heterocycles. The predicted molar refractivity (Wildman–Crippen MR) is 122 cm³/mol. The quantitative estimate of drug-likeness (QED) is 0.423. The Morgan fingerprint density at radius 1 is 0.939 bits per heavy atom.